The van der Waals surface area contributed by atoms with Crippen LogP contribution in [0, 0.1) is 11.3 Å². The van der Waals surface area contributed by atoms with Crippen molar-refractivity contribution in [2.45, 2.75) is 38.3 Å². The highest BCUT2D eigenvalue weighted by Gasteiger charge is 2.71. The molecule has 3 aromatic rings. The lowest BCUT2D eigenvalue weighted by Crippen LogP contribution is -2.50. The molecule has 1 fully saturated rings. The van der Waals surface area contributed by atoms with Crippen LogP contribution in [0.15, 0.2) is 79.1 Å². The number of carbonyl (C=O) groups excluding carboxylic acids is 3. The zero-order valence-corrected chi connectivity index (χ0v) is 20.4. The van der Waals surface area contributed by atoms with E-state index in [0.29, 0.717) is 5.69 Å². The predicted octanol–water partition coefficient (Wildman–Crippen LogP) is 4.80. The van der Waals surface area contributed by atoms with E-state index in [2.05, 4.69) is 10.3 Å². The summed E-state index contributed by atoms with van der Waals surface area (Å²) in [5, 5.41) is 3.05. The van der Waals surface area contributed by atoms with Crippen LogP contribution in [-0.2, 0) is 15.0 Å². The Balaban J connectivity index is 1.70. The molecule has 6 heteroatoms. The van der Waals surface area contributed by atoms with Crippen LogP contribution in [0.5, 0.6) is 0 Å². The molecule has 6 nitrogen and oxygen atoms in total. The fourth-order valence-corrected chi connectivity index (χ4v) is 6.28. The second-order valence-electron chi connectivity index (χ2n) is 10.8. The van der Waals surface area contributed by atoms with E-state index in [0.717, 1.165) is 16.7 Å². The van der Waals surface area contributed by atoms with Crippen LogP contribution in [0.25, 0.3) is 6.08 Å². The lowest BCUT2D eigenvalue weighted by atomic mass is 9.62. The third-order valence-electron chi connectivity index (χ3n) is 7.78. The molecule has 1 aromatic heterocycles. The zero-order valence-electron chi connectivity index (χ0n) is 20.4. The van der Waals surface area contributed by atoms with Crippen molar-refractivity contribution in [1.82, 2.24) is 9.88 Å². The van der Waals surface area contributed by atoms with Crippen LogP contribution in [0.4, 0.5) is 5.69 Å². The molecule has 3 aliphatic rings. The number of amides is 1. The minimum atomic E-state index is -1.31. The third-order valence-corrected chi connectivity index (χ3v) is 7.78. The molecule has 180 valence electrons. The van der Waals surface area contributed by atoms with Gasteiger partial charge in [0.15, 0.2) is 11.6 Å². The molecule has 4 atom stereocenters. The molecule has 4 heterocycles. The average molecular weight is 478 g/mol. The van der Waals surface area contributed by atoms with Gasteiger partial charge in [-0.25, -0.2) is 0 Å². The first-order chi connectivity index (χ1) is 17.3. The SMILES string of the molecule is CC(C)(C)C(=O)[C@@H]1[C@H](C(=O)c2ccccn2)[C@@]2(C(=O)Nc3ccccc32)[C@H]2c3ccccc3C=CN12. The van der Waals surface area contributed by atoms with Crippen molar-refractivity contribution < 1.29 is 14.4 Å². The monoisotopic (exact) mass is 477 g/mol. The largest absolute Gasteiger partial charge is 0.358 e. The maximum Gasteiger partial charge on any atom is 0.238 e. The van der Waals surface area contributed by atoms with Gasteiger partial charge in [0.1, 0.15) is 11.1 Å². The molecule has 0 saturated carbocycles. The number of hydrogen-bond acceptors (Lipinski definition) is 5. The number of anilines is 1. The van der Waals surface area contributed by atoms with Crippen LogP contribution in [-0.4, -0.2) is 33.4 Å². The number of hydrogen-bond donors (Lipinski definition) is 1. The van der Waals surface area contributed by atoms with Crippen molar-refractivity contribution in [2.75, 3.05) is 5.32 Å². The van der Waals surface area contributed by atoms with Gasteiger partial charge in [-0.1, -0.05) is 69.3 Å². The van der Waals surface area contributed by atoms with E-state index in [1.54, 1.807) is 24.4 Å². The van der Waals surface area contributed by atoms with Gasteiger partial charge in [-0.05, 0) is 41.0 Å². The minimum absolute atomic E-state index is 0.0835. The van der Waals surface area contributed by atoms with Gasteiger partial charge in [-0.2, -0.15) is 0 Å². The molecule has 0 unspecified atom stereocenters. The van der Waals surface area contributed by atoms with Gasteiger partial charge in [0.2, 0.25) is 5.91 Å². The first kappa shape index (κ1) is 22.4. The van der Waals surface area contributed by atoms with Crippen LogP contribution < -0.4 is 5.32 Å². The maximum absolute atomic E-state index is 14.4. The average Bonchev–Trinajstić information content (AvgIpc) is 3.35. The van der Waals surface area contributed by atoms with Gasteiger partial charge in [0.25, 0.3) is 0 Å². The maximum atomic E-state index is 14.4. The molecule has 0 aliphatic carbocycles. The van der Waals surface area contributed by atoms with E-state index in [4.69, 9.17) is 0 Å². The van der Waals surface area contributed by atoms with Crippen LogP contribution in [0.2, 0.25) is 0 Å². The summed E-state index contributed by atoms with van der Waals surface area (Å²) in [4.78, 5) is 49.1. The Morgan fingerprint density at radius 3 is 2.44 bits per heavy atom. The van der Waals surface area contributed by atoms with Crippen molar-refractivity contribution in [1.29, 1.82) is 0 Å². The van der Waals surface area contributed by atoms with E-state index >= 15 is 0 Å². The summed E-state index contributed by atoms with van der Waals surface area (Å²) in [6.45, 7) is 5.59. The number of rotatable bonds is 3. The number of nitrogens with one attached hydrogen (secondary N) is 1. The van der Waals surface area contributed by atoms with Gasteiger partial charge in [-0.3, -0.25) is 19.4 Å². The van der Waals surface area contributed by atoms with Crippen molar-refractivity contribution in [2.24, 2.45) is 11.3 Å². The Labute approximate surface area is 210 Å². The standard InChI is InChI=1S/C30H27N3O3/c1-29(2,3)27(35)24-23(25(34)22-14-8-9-16-31-22)30(20-12-6-7-13-21(20)32-28(30)36)26-19-11-5-4-10-18(19)15-17-33(24)26/h4-17,23-24,26H,1-3H3,(H,32,36)/t23-,24+,26-,30-/m1/s1. The molecule has 1 amide bonds. The molecular formula is C30H27N3O3. The normalized spacial score (nSPS) is 25.8. The molecule has 1 spiro atoms. The number of pyridine rings is 1. The first-order valence-electron chi connectivity index (χ1n) is 12.2. The molecular weight excluding hydrogens is 450 g/mol. The van der Waals surface area contributed by atoms with E-state index in [1.165, 1.54) is 0 Å². The molecule has 6 rings (SSSR count). The Bertz CT molecular complexity index is 1440. The number of aromatic nitrogens is 1. The summed E-state index contributed by atoms with van der Waals surface area (Å²) in [7, 11) is 0. The Morgan fingerprint density at radius 1 is 0.972 bits per heavy atom. The minimum Gasteiger partial charge on any atom is -0.358 e. The van der Waals surface area contributed by atoms with Gasteiger partial charge in [-0.15, -0.1) is 0 Å². The van der Waals surface area contributed by atoms with Crippen molar-refractivity contribution >= 4 is 29.2 Å². The number of nitrogens with zero attached hydrogens (tertiary/aromatic N) is 2. The lowest BCUT2D eigenvalue weighted by Gasteiger charge is -2.38. The highest BCUT2D eigenvalue weighted by atomic mass is 16.2. The summed E-state index contributed by atoms with van der Waals surface area (Å²) < 4.78 is 0. The van der Waals surface area contributed by atoms with Gasteiger partial charge in [0, 0.05) is 23.5 Å². The van der Waals surface area contributed by atoms with Gasteiger partial charge >= 0.3 is 0 Å². The summed E-state index contributed by atoms with van der Waals surface area (Å²) in [6.07, 6.45) is 5.43. The fourth-order valence-electron chi connectivity index (χ4n) is 6.28. The van der Waals surface area contributed by atoms with Crippen molar-refractivity contribution in [3.63, 3.8) is 0 Å². The lowest BCUT2D eigenvalue weighted by molar-refractivity contribution is -0.131. The molecule has 36 heavy (non-hydrogen) atoms. The van der Waals surface area contributed by atoms with Gasteiger partial charge in [0.05, 0.1) is 18.0 Å². The van der Waals surface area contributed by atoms with Crippen LogP contribution >= 0.6 is 0 Å². The number of para-hydroxylation sites is 1. The zero-order chi connectivity index (χ0) is 25.2. The summed E-state index contributed by atoms with van der Waals surface area (Å²) in [5.41, 5.74) is 1.53. The van der Waals surface area contributed by atoms with E-state index in [9.17, 15) is 14.4 Å². The topological polar surface area (TPSA) is 79.4 Å². The van der Waals surface area contributed by atoms with E-state index in [-0.39, 0.29) is 23.2 Å². The highest BCUT2D eigenvalue weighted by Crippen LogP contribution is 2.62. The molecule has 1 N–H and O–H groups in total. The Hall–Kier alpha value is -4.06. The Morgan fingerprint density at radius 2 is 1.69 bits per heavy atom. The molecule has 2 aromatic carbocycles. The summed E-state index contributed by atoms with van der Waals surface area (Å²) in [5.74, 6) is -1.61. The Kier molecular flexibility index (Phi) is 4.80. The second kappa shape index (κ2) is 7.72. The van der Waals surface area contributed by atoms with E-state index in [1.807, 2.05) is 86.5 Å². The molecule has 3 aliphatic heterocycles. The quantitative estimate of drug-likeness (QED) is 0.549. The van der Waals surface area contributed by atoms with Crippen LogP contribution in [0.1, 0.15) is 54.0 Å². The van der Waals surface area contributed by atoms with E-state index < -0.39 is 28.8 Å². The first-order valence-corrected chi connectivity index (χ1v) is 12.2. The number of fused-ring (bicyclic) bond motifs is 6. The number of carbonyl (C=O) groups is 3. The smallest absolute Gasteiger partial charge is 0.238 e. The molecule has 0 bridgehead atoms. The predicted molar refractivity (Wildman–Crippen MR) is 137 cm³/mol. The summed E-state index contributed by atoms with van der Waals surface area (Å²) in [6, 6.07) is 19.2. The van der Waals surface area contributed by atoms with Crippen LogP contribution in [0.3, 0.4) is 0 Å². The highest BCUT2D eigenvalue weighted by molar-refractivity contribution is 6.15. The van der Waals surface area contributed by atoms with Gasteiger partial charge < -0.3 is 10.2 Å². The third kappa shape index (κ3) is 2.90. The number of ketones is 2. The fraction of sp³-hybridized carbons (Fsp3) is 0.267. The molecule has 0 radical (unpaired) electrons. The number of Topliss-reactive ketones (excluding diaryl/α,β-unsaturated/α-hetero) is 2. The molecule has 1 saturated heterocycles. The summed E-state index contributed by atoms with van der Waals surface area (Å²) >= 11 is 0. The van der Waals surface area contributed by atoms with Crippen molar-refractivity contribution in [3.05, 3.63) is 102 Å². The number of benzene rings is 2. The second-order valence-corrected chi connectivity index (χ2v) is 10.8. The van der Waals surface area contributed by atoms with Crippen molar-refractivity contribution in [3.8, 4) is 0 Å².